The van der Waals surface area contributed by atoms with E-state index in [0.29, 0.717) is 17.5 Å². The Morgan fingerprint density at radius 1 is 0.677 bits per heavy atom. The van der Waals surface area contributed by atoms with Crippen LogP contribution in [0.25, 0.3) is 0 Å². The molecule has 0 aromatic heterocycles. The normalized spacial score (nSPS) is 31.5. The number of nitrogens with zero attached hydrogens (tertiary/aromatic N) is 2. The zero-order chi connectivity index (χ0) is 21.2. The van der Waals surface area contributed by atoms with Gasteiger partial charge in [0.15, 0.2) is 5.78 Å². The second-order valence-corrected chi connectivity index (χ2v) is 9.47. The van der Waals surface area contributed by atoms with E-state index >= 15 is 0 Å². The van der Waals surface area contributed by atoms with Gasteiger partial charge in [0.1, 0.15) is 5.78 Å². The SMILES string of the molecule is O=C1C2CCN(CC2)C1C(c1ccccc1)c1ccccc1.O=C1CN2CCC1CC2. The molecule has 6 aliphatic rings. The lowest BCUT2D eigenvalue weighted by atomic mass is 9.73. The fraction of sp³-hybridized carbons (Fsp3) is 0.481. The van der Waals surface area contributed by atoms with Gasteiger partial charge in [0.2, 0.25) is 0 Å². The molecule has 6 saturated heterocycles. The molecule has 6 aliphatic heterocycles. The molecule has 0 aliphatic carbocycles. The van der Waals surface area contributed by atoms with Crippen molar-refractivity contribution in [2.75, 3.05) is 32.7 Å². The Hall–Kier alpha value is -2.30. The number of benzene rings is 2. The number of hydrogen-bond acceptors (Lipinski definition) is 4. The number of ketones is 2. The summed E-state index contributed by atoms with van der Waals surface area (Å²) < 4.78 is 0. The first-order valence-electron chi connectivity index (χ1n) is 11.8. The van der Waals surface area contributed by atoms with Gasteiger partial charge in [-0.15, -0.1) is 0 Å². The average molecular weight is 417 g/mol. The highest BCUT2D eigenvalue weighted by molar-refractivity contribution is 5.89. The van der Waals surface area contributed by atoms with Crippen molar-refractivity contribution in [1.82, 2.24) is 9.80 Å². The molecule has 0 N–H and O–H groups in total. The van der Waals surface area contributed by atoms with Gasteiger partial charge in [-0.1, -0.05) is 60.7 Å². The first-order valence-corrected chi connectivity index (χ1v) is 11.8. The van der Waals surface area contributed by atoms with Crippen LogP contribution in [0.5, 0.6) is 0 Å². The van der Waals surface area contributed by atoms with Crippen molar-refractivity contribution in [3.8, 4) is 0 Å². The Morgan fingerprint density at radius 2 is 1.19 bits per heavy atom. The lowest BCUT2D eigenvalue weighted by Crippen LogP contribution is -2.57. The molecule has 6 fully saturated rings. The first-order chi connectivity index (χ1) is 15.2. The van der Waals surface area contributed by atoms with E-state index in [1.54, 1.807) is 0 Å². The summed E-state index contributed by atoms with van der Waals surface area (Å²) in [5.41, 5.74) is 2.50. The molecule has 2 aromatic carbocycles. The van der Waals surface area contributed by atoms with Crippen molar-refractivity contribution < 1.29 is 9.59 Å². The van der Waals surface area contributed by atoms with Crippen molar-refractivity contribution in [3.05, 3.63) is 71.8 Å². The molecule has 31 heavy (non-hydrogen) atoms. The highest BCUT2D eigenvalue weighted by atomic mass is 16.1. The summed E-state index contributed by atoms with van der Waals surface area (Å²) in [6.45, 7) is 5.20. The largest absolute Gasteiger partial charge is 0.298 e. The van der Waals surface area contributed by atoms with Gasteiger partial charge >= 0.3 is 0 Å². The quantitative estimate of drug-likeness (QED) is 0.764. The van der Waals surface area contributed by atoms with Crippen molar-refractivity contribution in [1.29, 1.82) is 0 Å². The minimum Gasteiger partial charge on any atom is -0.298 e. The van der Waals surface area contributed by atoms with Crippen molar-refractivity contribution >= 4 is 11.6 Å². The van der Waals surface area contributed by atoms with Crippen LogP contribution in [0.1, 0.15) is 42.7 Å². The maximum absolute atomic E-state index is 12.9. The van der Waals surface area contributed by atoms with Crippen LogP contribution in [-0.2, 0) is 9.59 Å². The fourth-order valence-corrected chi connectivity index (χ4v) is 5.90. The number of fused-ring (bicyclic) bond motifs is 6. The van der Waals surface area contributed by atoms with Crippen LogP contribution < -0.4 is 0 Å². The third-order valence-electron chi connectivity index (χ3n) is 7.67. The van der Waals surface area contributed by atoms with E-state index in [4.69, 9.17) is 0 Å². The molecule has 162 valence electrons. The van der Waals surface area contributed by atoms with Crippen LogP contribution in [0.2, 0.25) is 0 Å². The van der Waals surface area contributed by atoms with E-state index in [1.165, 1.54) is 11.1 Å². The Bertz CT molecular complexity index is 858. The zero-order valence-corrected chi connectivity index (χ0v) is 18.2. The number of carbonyl (C=O) groups excluding carboxylic acids is 2. The van der Waals surface area contributed by atoms with Crippen molar-refractivity contribution in [3.63, 3.8) is 0 Å². The molecule has 0 radical (unpaired) electrons. The zero-order valence-electron chi connectivity index (χ0n) is 18.2. The van der Waals surface area contributed by atoms with E-state index in [2.05, 4.69) is 58.3 Å². The molecule has 6 heterocycles. The van der Waals surface area contributed by atoms with Gasteiger partial charge in [-0.25, -0.2) is 0 Å². The summed E-state index contributed by atoms with van der Waals surface area (Å²) in [6, 6.07) is 21.0. The summed E-state index contributed by atoms with van der Waals surface area (Å²) in [7, 11) is 0. The Balaban J connectivity index is 0.000000189. The van der Waals surface area contributed by atoms with Crippen LogP contribution >= 0.6 is 0 Å². The van der Waals surface area contributed by atoms with Gasteiger partial charge in [0.25, 0.3) is 0 Å². The van der Waals surface area contributed by atoms with Crippen molar-refractivity contribution in [2.45, 2.75) is 37.6 Å². The van der Waals surface area contributed by atoms with Gasteiger partial charge in [-0.05, 0) is 63.0 Å². The number of Topliss-reactive ketones (excluding diaryl/α,β-unsaturated/α-hetero) is 2. The lowest BCUT2D eigenvalue weighted by molar-refractivity contribution is -0.137. The standard InChI is InChI=1S/C20H21NO.C7H11NO/c22-20-17-11-13-21(14-12-17)19(20)18(15-7-3-1-4-8-15)16-9-5-2-6-10-16;9-7-5-8-3-1-6(7)2-4-8/h1-10,17-19H,11-14H2;6H,1-5H2. The second-order valence-electron chi connectivity index (χ2n) is 9.47. The Morgan fingerprint density at radius 3 is 1.58 bits per heavy atom. The van der Waals surface area contributed by atoms with Crippen LogP contribution in [-0.4, -0.2) is 60.1 Å². The van der Waals surface area contributed by atoms with Crippen LogP contribution in [0.3, 0.4) is 0 Å². The molecule has 0 amide bonds. The lowest BCUT2D eigenvalue weighted by Gasteiger charge is -2.47. The molecule has 2 aromatic rings. The third-order valence-corrected chi connectivity index (χ3v) is 7.67. The summed E-state index contributed by atoms with van der Waals surface area (Å²) in [6.07, 6.45) is 4.34. The summed E-state index contributed by atoms with van der Waals surface area (Å²) in [5, 5.41) is 0. The maximum Gasteiger partial charge on any atom is 0.154 e. The summed E-state index contributed by atoms with van der Waals surface area (Å²) in [5.74, 6) is 1.81. The number of carbonyl (C=O) groups is 2. The topological polar surface area (TPSA) is 40.6 Å². The molecule has 0 spiro atoms. The van der Waals surface area contributed by atoms with E-state index < -0.39 is 0 Å². The predicted octanol–water partition coefficient (Wildman–Crippen LogP) is 3.76. The molecular formula is C27H32N2O2. The van der Waals surface area contributed by atoms with E-state index in [1.807, 2.05) is 12.1 Å². The monoisotopic (exact) mass is 416 g/mol. The highest BCUT2D eigenvalue weighted by Crippen LogP contribution is 2.39. The third kappa shape index (κ3) is 4.24. The van der Waals surface area contributed by atoms with E-state index in [-0.39, 0.29) is 17.9 Å². The molecule has 4 heteroatoms. The molecular weight excluding hydrogens is 384 g/mol. The molecule has 4 bridgehead atoms. The number of rotatable bonds is 3. The molecule has 8 rings (SSSR count). The maximum atomic E-state index is 12.9. The summed E-state index contributed by atoms with van der Waals surface area (Å²) in [4.78, 5) is 28.6. The summed E-state index contributed by atoms with van der Waals surface area (Å²) >= 11 is 0. The molecule has 4 nitrogen and oxygen atoms in total. The Labute approximate surface area is 185 Å². The van der Waals surface area contributed by atoms with Gasteiger partial charge in [-0.2, -0.15) is 0 Å². The highest BCUT2D eigenvalue weighted by Gasteiger charge is 2.45. The van der Waals surface area contributed by atoms with Crippen LogP contribution in [0.15, 0.2) is 60.7 Å². The fourth-order valence-electron chi connectivity index (χ4n) is 5.90. The minimum absolute atomic E-state index is 0.0114. The number of piperidine rings is 6. The van der Waals surface area contributed by atoms with Crippen LogP contribution in [0.4, 0.5) is 0 Å². The molecule has 1 unspecified atom stereocenters. The number of hydrogen-bond donors (Lipinski definition) is 0. The van der Waals surface area contributed by atoms with Gasteiger partial charge in [-0.3, -0.25) is 19.4 Å². The van der Waals surface area contributed by atoms with E-state index in [9.17, 15) is 9.59 Å². The van der Waals surface area contributed by atoms with E-state index in [0.717, 1.165) is 58.4 Å². The Kier molecular flexibility index (Phi) is 6.02. The smallest absolute Gasteiger partial charge is 0.154 e. The average Bonchev–Trinajstić information content (AvgIpc) is 2.84. The second kappa shape index (κ2) is 9.05. The minimum atomic E-state index is 0.0114. The molecule has 1 atom stereocenters. The van der Waals surface area contributed by atoms with Crippen molar-refractivity contribution in [2.24, 2.45) is 11.8 Å². The first kappa shape index (κ1) is 20.6. The van der Waals surface area contributed by atoms with Gasteiger partial charge < -0.3 is 0 Å². The van der Waals surface area contributed by atoms with Gasteiger partial charge in [0, 0.05) is 17.8 Å². The van der Waals surface area contributed by atoms with Crippen LogP contribution in [0, 0.1) is 11.8 Å². The molecule has 0 saturated carbocycles. The predicted molar refractivity (Wildman–Crippen MR) is 122 cm³/mol. The van der Waals surface area contributed by atoms with Gasteiger partial charge in [0.05, 0.1) is 12.6 Å².